The van der Waals surface area contributed by atoms with Crippen LogP contribution in [0.5, 0.6) is 11.5 Å². The van der Waals surface area contributed by atoms with Gasteiger partial charge in [0.25, 0.3) is 0 Å². The smallest absolute Gasteiger partial charge is 0.308 e. The fourth-order valence-corrected chi connectivity index (χ4v) is 3.70. The highest BCUT2D eigenvalue weighted by molar-refractivity contribution is 9.10. The number of methoxy groups -OCH3 is 2. The lowest BCUT2D eigenvalue weighted by molar-refractivity contribution is -0.136. The molecule has 23 heavy (non-hydrogen) atoms. The summed E-state index contributed by atoms with van der Waals surface area (Å²) in [6, 6.07) is 3.69. The van der Waals surface area contributed by atoms with E-state index in [9.17, 15) is 4.79 Å². The van der Waals surface area contributed by atoms with Gasteiger partial charge in [-0.3, -0.25) is 9.20 Å². The maximum atomic E-state index is 10.8. The molecular weight excluding hydrogens is 384 g/mol. The molecule has 0 fully saturated rings. The van der Waals surface area contributed by atoms with E-state index in [-0.39, 0.29) is 6.42 Å². The van der Waals surface area contributed by atoms with E-state index < -0.39 is 5.97 Å². The number of aliphatic carboxylic acids is 1. The van der Waals surface area contributed by atoms with Crippen molar-refractivity contribution in [3.05, 3.63) is 33.9 Å². The molecule has 0 aliphatic rings. The number of carbonyl (C=O) groups is 1. The molecule has 0 atom stereocenters. The number of thiazole rings is 1. The fraction of sp³-hybridized carbons (Fsp3) is 0.200. The standard InChI is InChI=1S/C15H13BrN2O4S/c1-21-12-5-10(16)13(22-2)4-9(12)11-7-18-6-8(3-14(19)20)23-15(18)17-11/h4-7H,3H2,1-2H3,(H,19,20). The van der Waals surface area contributed by atoms with Crippen LogP contribution in [0.25, 0.3) is 16.2 Å². The van der Waals surface area contributed by atoms with Crippen LogP contribution in [0.15, 0.2) is 29.0 Å². The molecule has 6 nitrogen and oxygen atoms in total. The van der Waals surface area contributed by atoms with Gasteiger partial charge in [0.1, 0.15) is 11.5 Å². The second-order valence-corrected chi connectivity index (χ2v) is 6.72. The normalized spacial score (nSPS) is 10.9. The van der Waals surface area contributed by atoms with E-state index in [0.29, 0.717) is 11.5 Å². The van der Waals surface area contributed by atoms with Gasteiger partial charge in [-0.2, -0.15) is 0 Å². The Kier molecular flexibility index (Phi) is 4.27. The van der Waals surface area contributed by atoms with Crippen molar-refractivity contribution < 1.29 is 19.4 Å². The number of hydrogen-bond donors (Lipinski definition) is 1. The summed E-state index contributed by atoms with van der Waals surface area (Å²) in [6.45, 7) is 0. The van der Waals surface area contributed by atoms with Crippen molar-refractivity contribution in [1.82, 2.24) is 9.38 Å². The molecule has 0 bridgehead atoms. The molecule has 0 amide bonds. The predicted molar refractivity (Wildman–Crippen MR) is 90.6 cm³/mol. The number of rotatable bonds is 5. The predicted octanol–water partition coefficient (Wildman–Crippen LogP) is 3.47. The third-order valence-corrected chi connectivity index (χ3v) is 4.90. The first-order chi connectivity index (χ1) is 11.0. The average Bonchev–Trinajstić information content (AvgIpc) is 3.04. The first kappa shape index (κ1) is 15.8. The number of carboxylic acids is 1. The van der Waals surface area contributed by atoms with Crippen LogP contribution >= 0.6 is 27.3 Å². The van der Waals surface area contributed by atoms with Crippen molar-refractivity contribution in [2.24, 2.45) is 0 Å². The van der Waals surface area contributed by atoms with Gasteiger partial charge < -0.3 is 14.6 Å². The highest BCUT2D eigenvalue weighted by atomic mass is 79.9. The van der Waals surface area contributed by atoms with E-state index >= 15 is 0 Å². The number of aromatic nitrogens is 2. The monoisotopic (exact) mass is 396 g/mol. The van der Waals surface area contributed by atoms with E-state index in [1.165, 1.54) is 11.3 Å². The number of fused-ring (bicyclic) bond motifs is 1. The molecule has 120 valence electrons. The molecule has 2 heterocycles. The van der Waals surface area contributed by atoms with Crippen LogP contribution in [0, 0.1) is 0 Å². The molecule has 8 heteroatoms. The first-order valence-corrected chi connectivity index (χ1v) is 8.24. The molecule has 3 rings (SSSR count). The Bertz CT molecular complexity index is 856. The van der Waals surface area contributed by atoms with Crippen molar-refractivity contribution in [1.29, 1.82) is 0 Å². The summed E-state index contributed by atoms with van der Waals surface area (Å²) in [6.07, 6.45) is 3.63. The molecule has 1 aromatic carbocycles. The molecule has 0 saturated carbocycles. The third-order valence-electron chi connectivity index (χ3n) is 3.28. The quantitative estimate of drug-likeness (QED) is 0.714. The Morgan fingerprint density at radius 3 is 2.65 bits per heavy atom. The zero-order valence-corrected chi connectivity index (χ0v) is 14.8. The number of halogens is 1. The lowest BCUT2D eigenvalue weighted by Crippen LogP contribution is -1.97. The Morgan fingerprint density at radius 2 is 2.04 bits per heavy atom. The van der Waals surface area contributed by atoms with Gasteiger partial charge >= 0.3 is 5.97 Å². The summed E-state index contributed by atoms with van der Waals surface area (Å²) in [4.78, 5) is 16.8. The van der Waals surface area contributed by atoms with E-state index in [1.807, 2.05) is 22.7 Å². The van der Waals surface area contributed by atoms with E-state index in [0.717, 1.165) is 25.6 Å². The van der Waals surface area contributed by atoms with Crippen LogP contribution in [0.3, 0.4) is 0 Å². The van der Waals surface area contributed by atoms with Crippen molar-refractivity contribution in [3.8, 4) is 22.8 Å². The molecule has 0 radical (unpaired) electrons. The van der Waals surface area contributed by atoms with Gasteiger partial charge in [-0.15, -0.1) is 11.3 Å². The minimum Gasteiger partial charge on any atom is -0.496 e. The second-order valence-electron chi connectivity index (χ2n) is 4.77. The molecule has 1 N–H and O–H groups in total. The summed E-state index contributed by atoms with van der Waals surface area (Å²) in [5.74, 6) is 0.506. The minimum atomic E-state index is -0.853. The second kappa shape index (κ2) is 6.21. The zero-order valence-electron chi connectivity index (χ0n) is 12.4. The van der Waals surface area contributed by atoms with Crippen LogP contribution in [-0.2, 0) is 11.2 Å². The SMILES string of the molecule is COc1cc(-c2cn3cc(CC(=O)O)sc3n2)c(OC)cc1Br. The van der Waals surface area contributed by atoms with Crippen LogP contribution in [0.2, 0.25) is 0 Å². The Balaban J connectivity index is 2.06. The van der Waals surface area contributed by atoms with Gasteiger partial charge in [0, 0.05) is 22.8 Å². The lowest BCUT2D eigenvalue weighted by atomic mass is 10.1. The summed E-state index contributed by atoms with van der Waals surface area (Å²) in [5.41, 5.74) is 1.55. The van der Waals surface area contributed by atoms with Gasteiger partial charge in [-0.1, -0.05) is 0 Å². The molecule has 0 aliphatic carbocycles. The summed E-state index contributed by atoms with van der Waals surface area (Å²) >= 11 is 4.79. The average molecular weight is 397 g/mol. The van der Waals surface area contributed by atoms with E-state index in [4.69, 9.17) is 14.6 Å². The van der Waals surface area contributed by atoms with Crippen molar-refractivity contribution in [2.45, 2.75) is 6.42 Å². The number of hydrogen-bond acceptors (Lipinski definition) is 5. The van der Waals surface area contributed by atoms with Gasteiger partial charge in [0.05, 0.1) is 30.8 Å². The molecule has 2 aromatic heterocycles. The Morgan fingerprint density at radius 1 is 1.30 bits per heavy atom. The Hall–Kier alpha value is -2.06. The summed E-state index contributed by atoms with van der Waals surface area (Å²) in [7, 11) is 3.20. The van der Waals surface area contributed by atoms with Crippen LogP contribution in [0.4, 0.5) is 0 Å². The highest BCUT2D eigenvalue weighted by Gasteiger charge is 2.16. The highest BCUT2D eigenvalue weighted by Crippen LogP contribution is 2.38. The zero-order chi connectivity index (χ0) is 16.6. The number of nitrogens with zero attached hydrogens (tertiary/aromatic N) is 2. The summed E-state index contributed by atoms with van der Waals surface area (Å²) in [5, 5.41) is 8.86. The molecular formula is C15H13BrN2O4S. The maximum absolute atomic E-state index is 10.8. The Labute approximate surface area is 144 Å². The summed E-state index contributed by atoms with van der Waals surface area (Å²) < 4.78 is 13.4. The minimum absolute atomic E-state index is 0.00120. The molecule has 0 aliphatic heterocycles. The van der Waals surface area contributed by atoms with Gasteiger partial charge in [0.2, 0.25) is 0 Å². The van der Waals surface area contributed by atoms with Crippen molar-refractivity contribution >= 4 is 38.2 Å². The van der Waals surface area contributed by atoms with Gasteiger partial charge in [-0.05, 0) is 28.1 Å². The van der Waals surface area contributed by atoms with Crippen molar-refractivity contribution in [3.63, 3.8) is 0 Å². The van der Waals surface area contributed by atoms with E-state index in [1.54, 1.807) is 20.4 Å². The van der Waals surface area contributed by atoms with Crippen molar-refractivity contribution in [2.75, 3.05) is 14.2 Å². The van der Waals surface area contributed by atoms with E-state index in [2.05, 4.69) is 20.9 Å². The largest absolute Gasteiger partial charge is 0.496 e. The van der Waals surface area contributed by atoms with Gasteiger partial charge in [0.15, 0.2) is 4.96 Å². The number of ether oxygens (including phenoxy) is 2. The fourth-order valence-electron chi connectivity index (χ4n) is 2.26. The molecule has 0 unspecified atom stereocenters. The van der Waals surface area contributed by atoms with Crippen LogP contribution < -0.4 is 9.47 Å². The molecule has 0 saturated heterocycles. The molecule has 3 aromatic rings. The lowest BCUT2D eigenvalue weighted by Gasteiger charge is -2.10. The van der Waals surface area contributed by atoms with Crippen LogP contribution in [0.1, 0.15) is 4.88 Å². The van der Waals surface area contributed by atoms with Crippen LogP contribution in [-0.4, -0.2) is 34.7 Å². The maximum Gasteiger partial charge on any atom is 0.308 e. The van der Waals surface area contributed by atoms with Gasteiger partial charge in [-0.25, -0.2) is 4.98 Å². The number of benzene rings is 1. The molecule has 0 spiro atoms. The number of carboxylic acid groups (broad SMARTS) is 1. The third kappa shape index (κ3) is 3.04. The number of imidazole rings is 1. The topological polar surface area (TPSA) is 73.1 Å². The first-order valence-electron chi connectivity index (χ1n) is 6.63.